The lowest BCUT2D eigenvalue weighted by Crippen LogP contribution is -2.60. The number of hydrazone groups is 1. The number of aliphatic hydroxyl groups excluding tert-OH is 4. The van der Waals surface area contributed by atoms with Gasteiger partial charge in [-0.2, -0.15) is 5.10 Å². The Labute approximate surface area is 166 Å². The fourth-order valence-corrected chi connectivity index (χ4v) is 2.66. The zero-order valence-corrected chi connectivity index (χ0v) is 15.2. The van der Waals surface area contributed by atoms with E-state index in [0.717, 1.165) is 0 Å². The molecule has 0 bridgehead atoms. The zero-order valence-electron chi connectivity index (χ0n) is 15.2. The highest BCUT2D eigenvalue weighted by molar-refractivity contribution is 5.94. The molecule has 10 nitrogen and oxygen atoms in total. The van der Waals surface area contributed by atoms with E-state index in [1.807, 2.05) is 0 Å². The summed E-state index contributed by atoms with van der Waals surface area (Å²) in [4.78, 5) is 15.7. The van der Waals surface area contributed by atoms with Crippen molar-refractivity contribution in [2.75, 3.05) is 6.61 Å². The highest BCUT2D eigenvalue weighted by Gasteiger charge is 2.44. The van der Waals surface area contributed by atoms with Crippen LogP contribution in [0, 0.1) is 0 Å². The van der Waals surface area contributed by atoms with Gasteiger partial charge in [0.25, 0.3) is 5.91 Å². The van der Waals surface area contributed by atoms with Crippen molar-refractivity contribution in [2.45, 2.75) is 30.7 Å². The Bertz CT molecular complexity index is 829. The molecule has 1 aliphatic heterocycles. The molecule has 2 heterocycles. The number of nitrogens with zero attached hydrogens (tertiary/aromatic N) is 2. The van der Waals surface area contributed by atoms with Crippen LogP contribution in [0.15, 0.2) is 53.9 Å². The highest BCUT2D eigenvalue weighted by atomic mass is 16.7. The molecule has 1 aromatic carbocycles. The molecule has 1 saturated heterocycles. The number of rotatable bonds is 6. The van der Waals surface area contributed by atoms with Gasteiger partial charge in [-0.25, -0.2) is 5.43 Å². The number of carbonyl (C=O) groups is 1. The van der Waals surface area contributed by atoms with Crippen LogP contribution in [0.5, 0.6) is 5.75 Å². The van der Waals surface area contributed by atoms with Gasteiger partial charge < -0.3 is 29.9 Å². The second-order valence-electron chi connectivity index (χ2n) is 6.32. The molecule has 10 heteroatoms. The Hall–Kier alpha value is -2.89. The first kappa shape index (κ1) is 20.8. The number of pyridine rings is 1. The summed E-state index contributed by atoms with van der Waals surface area (Å²) in [6.45, 7) is -0.536. The van der Waals surface area contributed by atoms with E-state index < -0.39 is 37.3 Å². The van der Waals surface area contributed by atoms with Gasteiger partial charge in [0.1, 0.15) is 30.2 Å². The highest BCUT2D eigenvalue weighted by Crippen LogP contribution is 2.24. The molecule has 5 N–H and O–H groups in total. The van der Waals surface area contributed by atoms with Crippen LogP contribution in [0.25, 0.3) is 0 Å². The van der Waals surface area contributed by atoms with Crippen molar-refractivity contribution in [3.8, 4) is 5.75 Å². The summed E-state index contributed by atoms with van der Waals surface area (Å²) in [7, 11) is 0. The van der Waals surface area contributed by atoms with Crippen LogP contribution in [-0.4, -0.2) is 74.8 Å². The maximum absolute atomic E-state index is 11.9. The van der Waals surface area contributed by atoms with Gasteiger partial charge in [0.2, 0.25) is 6.29 Å². The van der Waals surface area contributed by atoms with Crippen LogP contribution >= 0.6 is 0 Å². The SMILES string of the molecule is O=C(N/N=C\c1ccc(O[C@@H]2O[C@H](CO)[C@@H](O)[C@H](O)[C@H]2O)cc1)c1ccncc1. The Morgan fingerprint density at radius 3 is 2.45 bits per heavy atom. The lowest BCUT2D eigenvalue weighted by molar-refractivity contribution is -0.277. The minimum absolute atomic E-state index is 0.326. The molecular formula is C19H21N3O7. The topological polar surface area (TPSA) is 154 Å². The first-order valence-corrected chi connectivity index (χ1v) is 8.80. The smallest absolute Gasteiger partial charge is 0.271 e. The molecule has 29 heavy (non-hydrogen) atoms. The number of ether oxygens (including phenoxy) is 2. The third kappa shape index (κ3) is 5.13. The molecule has 1 aromatic heterocycles. The molecule has 3 rings (SSSR count). The minimum atomic E-state index is -1.51. The lowest BCUT2D eigenvalue weighted by atomic mass is 9.99. The third-order valence-corrected chi connectivity index (χ3v) is 4.30. The van der Waals surface area contributed by atoms with Crippen molar-refractivity contribution < 1.29 is 34.7 Å². The molecule has 2 aromatic rings. The zero-order chi connectivity index (χ0) is 20.8. The van der Waals surface area contributed by atoms with Gasteiger partial charge in [0.05, 0.1) is 12.8 Å². The monoisotopic (exact) mass is 403 g/mol. The first-order chi connectivity index (χ1) is 14.0. The molecule has 0 unspecified atom stereocenters. The molecule has 0 saturated carbocycles. The Kier molecular flexibility index (Phi) is 6.86. The average molecular weight is 403 g/mol. The van der Waals surface area contributed by atoms with Crippen molar-refractivity contribution in [1.29, 1.82) is 0 Å². The standard InChI is InChI=1S/C19H21N3O7/c23-10-14-15(24)16(25)17(26)19(29-14)28-13-3-1-11(2-4-13)9-21-22-18(27)12-5-7-20-8-6-12/h1-9,14-17,19,23-26H,10H2,(H,22,27)/b21-9-/t14-,15-,16+,17-,19-/m1/s1. The number of amides is 1. The number of hydrogen-bond donors (Lipinski definition) is 5. The van der Waals surface area contributed by atoms with Gasteiger partial charge in [0.15, 0.2) is 0 Å². The number of aliphatic hydroxyl groups is 4. The predicted molar refractivity (Wildman–Crippen MR) is 100 cm³/mol. The van der Waals surface area contributed by atoms with Crippen molar-refractivity contribution >= 4 is 12.1 Å². The lowest BCUT2D eigenvalue weighted by Gasteiger charge is -2.39. The van der Waals surface area contributed by atoms with Crippen molar-refractivity contribution in [3.05, 3.63) is 59.9 Å². The van der Waals surface area contributed by atoms with E-state index in [1.54, 1.807) is 36.4 Å². The second-order valence-corrected chi connectivity index (χ2v) is 6.32. The second kappa shape index (κ2) is 9.54. The normalized spacial score (nSPS) is 27.0. The quantitative estimate of drug-likeness (QED) is 0.305. The number of hydrogen-bond acceptors (Lipinski definition) is 9. The molecule has 154 valence electrons. The molecule has 0 aliphatic carbocycles. The van der Waals surface area contributed by atoms with E-state index in [9.17, 15) is 25.2 Å². The Morgan fingerprint density at radius 2 is 1.79 bits per heavy atom. The van der Waals surface area contributed by atoms with Gasteiger partial charge in [-0.05, 0) is 42.0 Å². The minimum Gasteiger partial charge on any atom is -0.462 e. The van der Waals surface area contributed by atoms with Gasteiger partial charge in [-0.1, -0.05) is 0 Å². The van der Waals surface area contributed by atoms with Crippen molar-refractivity contribution in [3.63, 3.8) is 0 Å². The fourth-order valence-electron chi connectivity index (χ4n) is 2.66. The van der Waals surface area contributed by atoms with Crippen LogP contribution < -0.4 is 10.2 Å². The maximum Gasteiger partial charge on any atom is 0.271 e. The first-order valence-electron chi connectivity index (χ1n) is 8.80. The van der Waals surface area contributed by atoms with E-state index in [-0.39, 0.29) is 5.91 Å². The summed E-state index contributed by atoms with van der Waals surface area (Å²) < 4.78 is 10.8. The van der Waals surface area contributed by atoms with E-state index in [1.165, 1.54) is 18.6 Å². The van der Waals surface area contributed by atoms with Crippen LogP contribution in [0.3, 0.4) is 0 Å². The van der Waals surface area contributed by atoms with Crippen molar-refractivity contribution in [1.82, 2.24) is 10.4 Å². The molecule has 1 amide bonds. The van der Waals surface area contributed by atoms with E-state index in [0.29, 0.717) is 16.9 Å². The number of carbonyl (C=O) groups excluding carboxylic acids is 1. The molecule has 1 fully saturated rings. The van der Waals surface area contributed by atoms with E-state index >= 15 is 0 Å². The molecular weight excluding hydrogens is 382 g/mol. The fraction of sp³-hybridized carbons (Fsp3) is 0.316. The predicted octanol–water partition coefficient (Wildman–Crippen LogP) is -0.976. The van der Waals surface area contributed by atoms with Crippen LogP contribution in [-0.2, 0) is 4.74 Å². The van der Waals surface area contributed by atoms with Crippen LogP contribution in [0.2, 0.25) is 0 Å². The summed E-state index contributed by atoms with van der Waals surface area (Å²) in [6, 6.07) is 9.59. The summed E-state index contributed by atoms with van der Waals surface area (Å²) >= 11 is 0. The van der Waals surface area contributed by atoms with Gasteiger partial charge in [-0.15, -0.1) is 0 Å². The Balaban J connectivity index is 1.56. The van der Waals surface area contributed by atoms with E-state index in [2.05, 4.69) is 15.5 Å². The molecule has 1 aliphatic rings. The maximum atomic E-state index is 11.9. The third-order valence-electron chi connectivity index (χ3n) is 4.30. The molecule has 0 spiro atoms. The van der Waals surface area contributed by atoms with Gasteiger partial charge in [-0.3, -0.25) is 9.78 Å². The molecule has 5 atom stereocenters. The average Bonchev–Trinajstić information content (AvgIpc) is 2.75. The van der Waals surface area contributed by atoms with Crippen molar-refractivity contribution in [2.24, 2.45) is 5.10 Å². The summed E-state index contributed by atoms with van der Waals surface area (Å²) in [6.07, 6.45) is -2.30. The largest absolute Gasteiger partial charge is 0.462 e. The number of benzene rings is 1. The summed E-state index contributed by atoms with van der Waals surface area (Å²) in [5.41, 5.74) is 3.50. The molecule has 0 radical (unpaired) electrons. The Morgan fingerprint density at radius 1 is 1.10 bits per heavy atom. The van der Waals surface area contributed by atoms with Crippen LogP contribution in [0.1, 0.15) is 15.9 Å². The number of aromatic nitrogens is 1. The van der Waals surface area contributed by atoms with Gasteiger partial charge >= 0.3 is 0 Å². The number of nitrogens with one attached hydrogen (secondary N) is 1. The summed E-state index contributed by atoms with van der Waals surface area (Å²) in [5.74, 6) is -0.0430. The van der Waals surface area contributed by atoms with E-state index in [4.69, 9.17) is 9.47 Å². The van der Waals surface area contributed by atoms with Crippen LogP contribution in [0.4, 0.5) is 0 Å². The summed E-state index contributed by atoms with van der Waals surface area (Å²) in [5, 5.41) is 42.6. The van der Waals surface area contributed by atoms with Gasteiger partial charge in [0, 0.05) is 18.0 Å².